The number of aromatic carboxylic acids is 1. The van der Waals surface area contributed by atoms with E-state index in [1.54, 1.807) is 0 Å². The number of nitrogens with zero attached hydrogens (tertiary/aromatic N) is 2. The minimum absolute atomic E-state index is 0.363. The van der Waals surface area contributed by atoms with Gasteiger partial charge in [0.05, 0.1) is 11.9 Å². The summed E-state index contributed by atoms with van der Waals surface area (Å²) < 4.78 is 13.2. The number of carboxylic acid groups (broad SMARTS) is 1. The Morgan fingerprint density at radius 3 is 3.06 bits per heavy atom. The Kier molecular flexibility index (Phi) is 2.25. The summed E-state index contributed by atoms with van der Waals surface area (Å²) in [5.74, 6) is -2.21. The summed E-state index contributed by atoms with van der Waals surface area (Å²) in [7, 11) is 0. The molecule has 2 saturated heterocycles. The molecule has 2 fully saturated rings. The molecule has 3 rings (SSSR count). The number of anilines is 1. The van der Waals surface area contributed by atoms with Crippen LogP contribution in [0.15, 0.2) is 12.3 Å². The van der Waals surface area contributed by atoms with E-state index < -0.39 is 11.9 Å². The van der Waals surface area contributed by atoms with Gasteiger partial charge in [-0.3, -0.25) is 0 Å². The van der Waals surface area contributed by atoms with E-state index in [-0.39, 0.29) is 5.56 Å². The van der Waals surface area contributed by atoms with Crippen molar-refractivity contribution in [3.63, 3.8) is 0 Å². The first kappa shape index (κ1) is 10.5. The topological polar surface area (TPSA) is 65.5 Å². The molecule has 2 bridgehead atoms. The zero-order valence-electron chi connectivity index (χ0n) is 9.06. The Hall–Kier alpha value is -1.69. The Balaban J connectivity index is 1.93. The van der Waals surface area contributed by atoms with Crippen LogP contribution in [0.3, 0.4) is 0 Å². The summed E-state index contributed by atoms with van der Waals surface area (Å²) in [4.78, 5) is 16.5. The third kappa shape index (κ3) is 1.64. The molecule has 2 aliphatic heterocycles. The molecule has 2 N–H and O–H groups in total. The first-order chi connectivity index (χ1) is 8.15. The highest BCUT2D eigenvalue weighted by Gasteiger charge is 2.38. The third-order valence-electron chi connectivity index (χ3n) is 3.44. The van der Waals surface area contributed by atoms with Crippen molar-refractivity contribution in [2.24, 2.45) is 0 Å². The number of carboxylic acids is 1. The van der Waals surface area contributed by atoms with Crippen molar-refractivity contribution in [3.05, 3.63) is 23.8 Å². The molecule has 6 heteroatoms. The largest absolute Gasteiger partial charge is 0.478 e. The first-order valence-corrected chi connectivity index (χ1v) is 5.54. The van der Waals surface area contributed by atoms with Crippen LogP contribution in [0.25, 0.3) is 0 Å². The van der Waals surface area contributed by atoms with Gasteiger partial charge in [-0.25, -0.2) is 9.78 Å². The molecule has 0 spiro atoms. The first-order valence-electron chi connectivity index (χ1n) is 5.54. The van der Waals surface area contributed by atoms with Crippen molar-refractivity contribution < 1.29 is 14.3 Å². The molecular formula is C11H12FN3O2. The van der Waals surface area contributed by atoms with E-state index in [0.717, 1.165) is 19.5 Å². The van der Waals surface area contributed by atoms with Gasteiger partial charge in [0.2, 0.25) is 5.95 Å². The zero-order valence-corrected chi connectivity index (χ0v) is 9.06. The molecule has 0 aliphatic carbocycles. The molecule has 2 atom stereocenters. The number of piperazine rings is 1. The highest BCUT2D eigenvalue weighted by atomic mass is 19.1. The van der Waals surface area contributed by atoms with Crippen LogP contribution >= 0.6 is 0 Å². The van der Waals surface area contributed by atoms with Crippen molar-refractivity contribution in [2.45, 2.75) is 18.5 Å². The molecule has 90 valence electrons. The predicted molar refractivity (Wildman–Crippen MR) is 58.7 cm³/mol. The van der Waals surface area contributed by atoms with Gasteiger partial charge in [0.15, 0.2) is 0 Å². The summed E-state index contributed by atoms with van der Waals surface area (Å²) in [6.45, 7) is 1.72. The monoisotopic (exact) mass is 237 g/mol. The van der Waals surface area contributed by atoms with E-state index in [2.05, 4.69) is 15.2 Å². The fourth-order valence-corrected chi connectivity index (χ4v) is 2.62. The van der Waals surface area contributed by atoms with Crippen LogP contribution in [-0.4, -0.2) is 41.2 Å². The number of fused-ring (bicyclic) bond motifs is 2. The minimum atomic E-state index is -1.28. The van der Waals surface area contributed by atoms with Crippen molar-refractivity contribution >= 4 is 11.7 Å². The van der Waals surface area contributed by atoms with E-state index in [1.165, 1.54) is 12.3 Å². The molecule has 0 radical (unpaired) electrons. The zero-order chi connectivity index (χ0) is 12.0. The molecule has 0 aromatic carbocycles. The van der Waals surface area contributed by atoms with E-state index in [9.17, 15) is 9.18 Å². The molecule has 2 aliphatic rings. The molecule has 0 unspecified atom stereocenters. The average molecular weight is 237 g/mol. The minimum Gasteiger partial charge on any atom is -0.478 e. The van der Waals surface area contributed by atoms with Crippen LogP contribution < -0.4 is 10.2 Å². The van der Waals surface area contributed by atoms with Crippen LogP contribution in [0.5, 0.6) is 0 Å². The fourth-order valence-electron chi connectivity index (χ4n) is 2.62. The Bertz CT molecular complexity index is 480. The normalized spacial score (nSPS) is 26.5. The molecule has 3 heterocycles. The number of carbonyl (C=O) groups is 1. The molecule has 1 aromatic heterocycles. The molecule has 0 amide bonds. The second-order valence-corrected chi connectivity index (χ2v) is 4.48. The highest BCUT2D eigenvalue weighted by Crippen LogP contribution is 2.29. The van der Waals surface area contributed by atoms with Crippen LogP contribution in [0.1, 0.15) is 16.8 Å². The lowest BCUT2D eigenvalue weighted by atomic mass is 10.2. The second kappa shape index (κ2) is 3.66. The lowest BCUT2D eigenvalue weighted by Crippen LogP contribution is -2.43. The Morgan fingerprint density at radius 2 is 2.47 bits per heavy atom. The van der Waals surface area contributed by atoms with Gasteiger partial charge in [-0.1, -0.05) is 0 Å². The third-order valence-corrected chi connectivity index (χ3v) is 3.44. The van der Waals surface area contributed by atoms with Crippen molar-refractivity contribution in [2.75, 3.05) is 18.0 Å². The lowest BCUT2D eigenvalue weighted by Gasteiger charge is -2.29. The number of hydrogen-bond donors (Lipinski definition) is 2. The van der Waals surface area contributed by atoms with Crippen molar-refractivity contribution in [1.29, 1.82) is 0 Å². The van der Waals surface area contributed by atoms with Crippen molar-refractivity contribution in [3.8, 4) is 0 Å². The van der Waals surface area contributed by atoms with Gasteiger partial charge in [-0.05, 0) is 12.5 Å². The fraction of sp³-hybridized carbons (Fsp3) is 0.455. The van der Waals surface area contributed by atoms with Gasteiger partial charge in [0.1, 0.15) is 5.56 Å². The van der Waals surface area contributed by atoms with Gasteiger partial charge in [-0.2, -0.15) is 4.39 Å². The number of nitrogens with one attached hydrogen (secondary N) is 1. The summed E-state index contributed by atoms with van der Waals surface area (Å²) in [5.41, 5.74) is 0.330. The van der Waals surface area contributed by atoms with Crippen LogP contribution in [0.4, 0.5) is 10.1 Å². The lowest BCUT2D eigenvalue weighted by molar-refractivity contribution is 0.0691. The van der Waals surface area contributed by atoms with E-state index in [4.69, 9.17) is 5.11 Å². The molecule has 17 heavy (non-hydrogen) atoms. The summed E-state index contributed by atoms with van der Waals surface area (Å²) >= 11 is 0. The van der Waals surface area contributed by atoms with Crippen LogP contribution in [-0.2, 0) is 0 Å². The number of aromatic nitrogens is 1. The molecule has 1 aromatic rings. The van der Waals surface area contributed by atoms with Crippen molar-refractivity contribution in [1.82, 2.24) is 10.3 Å². The SMILES string of the molecule is O=C(O)c1cc(N2C[C@@H]3C[C@H]2CN3)cnc1F. The number of hydrogen-bond acceptors (Lipinski definition) is 4. The van der Waals surface area contributed by atoms with Gasteiger partial charge in [-0.15, -0.1) is 0 Å². The maximum atomic E-state index is 13.2. The summed E-state index contributed by atoms with van der Waals surface area (Å²) in [5, 5.41) is 12.2. The average Bonchev–Trinajstić information content (AvgIpc) is 2.91. The maximum Gasteiger partial charge on any atom is 0.340 e. The Labute approximate surface area is 97.3 Å². The van der Waals surface area contributed by atoms with Gasteiger partial charge in [0, 0.05) is 25.2 Å². The van der Waals surface area contributed by atoms with Gasteiger partial charge < -0.3 is 15.3 Å². The van der Waals surface area contributed by atoms with E-state index in [1.807, 2.05) is 0 Å². The van der Waals surface area contributed by atoms with Crippen LogP contribution in [0, 0.1) is 5.95 Å². The van der Waals surface area contributed by atoms with E-state index in [0.29, 0.717) is 17.8 Å². The molecule has 0 saturated carbocycles. The smallest absolute Gasteiger partial charge is 0.340 e. The maximum absolute atomic E-state index is 13.2. The van der Waals surface area contributed by atoms with Crippen LogP contribution in [0.2, 0.25) is 0 Å². The van der Waals surface area contributed by atoms with Gasteiger partial charge >= 0.3 is 5.97 Å². The summed E-state index contributed by atoms with van der Waals surface area (Å²) in [6, 6.07) is 2.19. The molecular weight excluding hydrogens is 225 g/mol. The Morgan fingerprint density at radius 1 is 1.65 bits per heavy atom. The second-order valence-electron chi connectivity index (χ2n) is 4.48. The number of halogens is 1. The number of rotatable bonds is 2. The summed E-state index contributed by atoms with van der Waals surface area (Å²) in [6.07, 6.45) is 2.46. The van der Waals surface area contributed by atoms with E-state index >= 15 is 0 Å². The highest BCUT2D eigenvalue weighted by molar-refractivity contribution is 5.88. The van der Waals surface area contributed by atoms with Gasteiger partial charge in [0.25, 0.3) is 0 Å². The quantitative estimate of drug-likeness (QED) is 0.732. The molecule has 5 nitrogen and oxygen atoms in total. The standard InChI is InChI=1S/C11H12FN3O2/c12-10-9(11(16)17)2-8(4-14-10)15-5-6-1-7(15)3-13-6/h2,4,6-7,13H,1,3,5H2,(H,16,17)/t6-,7-/m0/s1. The number of pyridine rings is 1. The predicted octanol–water partition coefficient (Wildman–Crippen LogP) is 0.469.